The highest BCUT2D eigenvalue weighted by molar-refractivity contribution is 5.99. The minimum Gasteiger partial charge on any atom is -0.496 e. The number of benzene rings is 1. The molecule has 0 aromatic heterocycles. The topological polar surface area (TPSA) is 103 Å². The van der Waals surface area contributed by atoms with E-state index in [9.17, 15) is 14.4 Å². The summed E-state index contributed by atoms with van der Waals surface area (Å²) in [7, 11) is 1.43. The lowest BCUT2D eigenvalue weighted by molar-refractivity contribution is -0.146. The monoisotopic (exact) mass is 390 g/mol. The van der Waals surface area contributed by atoms with Crippen molar-refractivity contribution in [1.82, 2.24) is 5.32 Å². The third kappa shape index (κ3) is 7.19. The molecule has 152 valence electrons. The quantitative estimate of drug-likeness (QED) is 0.438. The van der Waals surface area contributed by atoms with Crippen LogP contribution in [0.3, 0.4) is 0 Å². The third-order valence-electron chi connectivity index (χ3n) is 3.66. The number of carbonyl (C=O) groups is 3. The minimum atomic E-state index is -0.985. The maximum absolute atomic E-state index is 12.7. The van der Waals surface area contributed by atoms with E-state index in [0.29, 0.717) is 18.0 Å². The molecule has 0 aliphatic heterocycles. The van der Waals surface area contributed by atoms with Gasteiger partial charge in [-0.05, 0) is 32.4 Å². The molecule has 28 heavy (non-hydrogen) atoms. The number of hydrogen-bond donors (Lipinski definition) is 2. The van der Waals surface area contributed by atoms with Crippen molar-refractivity contribution in [3.05, 3.63) is 23.8 Å². The van der Waals surface area contributed by atoms with Crippen LogP contribution in [-0.2, 0) is 19.1 Å². The second-order valence-electron chi connectivity index (χ2n) is 5.59. The summed E-state index contributed by atoms with van der Waals surface area (Å²) in [5.41, 5.74) is 0.926. The van der Waals surface area contributed by atoms with Gasteiger partial charge >= 0.3 is 11.9 Å². The largest absolute Gasteiger partial charge is 0.496 e. The zero-order valence-electron chi connectivity index (χ0n) is 16.4. The molecule has 0 aliphatic rings. The van der Waals surface area contributed by atoms with Gasteiger partial charge in [0.1, 0.15) is 11.8 Å². The predicted octanol–water partition coefficient (Wildman–Crippen LogP) is 1.75. The van der Waals surface area contributed by atoms with Gasteiger partial charge in [-0.3, -0.25) is 9.59 Å². The van der Waals surface area contributed by atoms with Gasteiger partial charge in [-0.15, -0.1) is 6.42 Å². The molecule has 1 atom stereocenters. The standard InChI is InChI=1S/C20H26N2O6/c1-5-12-21-14-8-9-15(17(13-14)26-4)19(24)22-16(20(25)28-7-3)10-11-18(23)27-6-2/h1,8-9,13,16,21H,6-7,10-12H2,2-4H3,(H,22,24)/t16-/m0/s1. The Bertz CT molecular complexity index is 726. The molecule has 0 radical (unpaired) electrons. The highest BCUT2D eigenvalue weighted by Crippen LogP contribution is 2.23. The molecular weight excluding hydrogens is 364 g/mol. The Balaban J connectivity index is 2.92. The maximum Gasteiger partial charge on any atom is 0.328 e. The average molecular weight is 390 g/mol. The average Bonchev–Trinajstić information content (AvgIpc) is 2.69. The first-order valence-electron chi connectivity index (χ1n) is 8.95. The number of rotatable bonds is 11. The molecular formula is C20H26N2O6. The summed E-state index contributed by atoms with van der Waals surface area (Å²) in [6, 6.07) is 3.87. The van der Waals surface area contributed by atoms with Crippen LogP contribution >= 0.6 is 0 Å². The van der Waals surface area contributed by atoms with Gasteiger partial charge in [0.2, 0.25) is 0 Å². The van der Waals surface area contributed by atoms with E-state index < -0.39 is 23.9 Å². The Morgan fingerprint density at radius 1 is 1.18 bits per heavy atom. The molecule has 0 fully saturated rings. The predicted molar refractivity (Wildman–Crippen MR) is 104 cm³/mol. The van der Waals surface area contributed by atoms with Crippen LogP contribution in [0.5, 0.6) is 5.75 Å². The minimum absolute atomic E-state index is 0.0241. The summed E-state index contributed by atoms with van der Waals surface area (Å²) in [4.78, 5) is 36.4. The summed E-state index contributed by atoms with van der Waals surface area (Å²) < 4.78 is 15.1. The Hall–Kier alpha value is -3.21. The van der Waals surface area contributed by atoms with Crippen LogP contribution in [0.1, 0.15) is 37.0 Å². The van der Waals surface area contributed by atoms with Crippen molar-refractivity contribution < 1.29 is 28.6 Å². The Labute approximate surface area is 164 Å². The summed E-state index contributed by atoms with van der Waals surface area (Å²) in [5.74, 6) is 1.17. The van der Waals surface area contributed by atoms with Crippen molar-refractivity contribution in [3.63, 3.8) is 0 Å². The number of hydrogen-bond acceptors (Lipinski definition) is 7. The number of amides is 1. The van der Waals surface area contributed by atoms with Crippen molar-refractivity contribution in [3.8, 4) is 18.1 Å². The van der Waals surface area contributed by atoms with Gasteiger partial charge in [0.25, 0.3) is 5.91 Å². The van der Waals surface area contributed by atoms with Gasteiger partial charge in [-0.1, -0.05) is 5.92 Å². The van der Waals surface area contributed by atoms with E-state index in [-0.39, 0.29) is 31.6 Å². The molecule has 8 heteroatoms. The van der Waals surface area contributed by atoms with Crippen LogP contribution in [0.15, 0.2) is 18.2 Å². The molecule has 0 saturated heterocycles. The molecule has 0 aliphatic carbocycles. The second kappa shape index (κ2) is 12.2. The van der Waals surface area contributed by atoms with Gasteiger partial charge in [0.05, 0.1) is 32.4 Å². The van der Waals surface area contributed by atoms with Crippen molar-refractivity contribution in [2.75, 3.05) is 32.2 Å². The van der Waals surface area contributed by atoms with E-state index in [1.807, 2.05) is 0 Å². The number of methoxy groups -OCH3 is 1. The van der Waals surface area contributed by atoms with Gasteiger partial charge in [0.15, 0.2) is 0 Å². The molecule has 0 bridgehead atoms. The molecule has 0 spiro atoms. The van der Waals surface area contributed by atoms with Gasteiger partial charge < -0.3 is 24.8 Å². The number of nitrogens with one attached hydrogen (secondary N) is 2. The maximum atomic E-state index is 12.7. The first kappa shape index (κ1) is 22.8. The number of esters is 2. The first-order valence-corrected chi connectivity index (χ1v) is 8.95. The Kier molecular flexibility index (Phi) is 9.97. The van der Waals surface area contributed by atoms with Crippen LogP contribution in [0.2, 0.25) is 0 Å². The summed E-state index contributed by atoms with van der Waals surface area (Å²) in [6.45, 7) is 4.08. The fraction of sp³-hybridized carbons (Fsp3) is 0.450. The van der Waals surface area contributed by atoms with Crippen LogP contribution < -0.4 is 15.4 Å². The summed E-state index contributed by atoms with van der Waals surface area (Å²) >= 11 is 0. The molecule has 1 aromatic rings. The number of carbonyl (C=O) groups excluding carboxylic acids is 3. The lowest BCUT2D eigenvalue weighted by Crippen LogP contribution is -2.42. The van der Waals surface area contributed by atoms with E-state index in [1.54, 1.807) is 32.0 Å². The molecule has 8 nitrogen and oxygen atoms in total. The van der Waals surface area contributed by atoms with E-state index >= 15 is 0 Å². The lowest BCUT2D eigenvalue weighted by Gasteiger charge is -2.18. The molecule has 1 rings (SSSR count). The summed E-state index contributed by atoms with van der Waals surface area (Å²) in [6.07, 6.45) is 5.26. The first-order chi connectivity index (χ1) is 13.5. The van der Waals surface area contributed by atoms with Gasteiger partial charge in [-0.2, -0.15) is 0 Å². The molecule has 0 saturated carbocycles. The van der Waals surface area contributed by atoms with E-state index in [1.165, 1.54) is 7.11 Å². The van der Waals surface area contributed by atoms with Crippen molar-refractivity contribution >= 4 is 23.5 Å². The van der Waals surface area contributed by atoms with Crippen LogP contribution in [-0.4, -0.2) is 50.8 Å². The number of ether oxygens (including phenoxy) is 3. The molecule has 0 unspecified atom stereocenters. The lowest BCUT2D eigenvalue weighted by atomic mass is 10.1. The fourth-order valence-electron chi connectivity index (χ4n) is 2.36. The molecule has 1 amide bonds. The Morgan fingerprint density at radius 2 is 1.89 bits per heavy atom. The Morgan fingerprint density at radius 3 is 2.50 bits per heavy atom. The zero-order chi connectivity index (χ0) is 20.9. The van der Waals surface area contributed by atoms with E-state index in [2.05, 4.69) is 16.6 Å². The molecule has 2 N–H and O–H groups in total. The van der Waals surface area contributed by atoms with Gasteiger partial charge in [-0.25, -0.2) is 4.79 Å². The normalized spacial score (nSPS) is 10.9. The van der Waals surface area contributed by atoms with Crippen molar-refractivity contribution in [2.24, 2.45) is 0 Å². The number of terminal acetylenes is 1. The summed E-state index contributed by atoms with van der Waals surface area (Å²) in [5, 5.41) is 5.58. The van der Waals surface area contributed by atoms with Crippen LogP contribution in [0, 0.1) is 12.3 Å². The smallest absolute Gasteiger partial charge is 0.328 e. The molecule has 1 aromatic carbocycles. The fourth-order valence-corrected chi connectivity index (χ4v) is 2.36. The third-order valence-corrected chi connectivity index (χ3v) is 3.66. The second-order valence-corrected chi connectivity index (χ2v) is 5.59. The highest BCUT2D eigenvalue weighted by atomic mass is 16.5. The van der Waals surface area contributed by atoms with Crippen LogP contribution in [0.25, 0.3) is 0 Å². The van der Waals surface area contributed by atoms with Crippen molar-refractivity contribution in [2.45, 2.75) is 32.7 Å². The SMILES string of the molecule is C#CCNc1ccc(C(=O)N[C@@H](CCC(=O)OCC)C(=O)OCC)c(OC)c1. The van der Waals surface area contributed by atoms with Crippen LogP contribution in [0.4, 0.5) is 5.69 Å². The van der Waals surface area contributed by atoms with Gasteiger partial charge in [0, 0.05) is 18.2 Å². The zero-order valence-corrected chi connectivity index (χ0v) is 16.4. The highest BCUT2D eigenvalue weighted by Gasteiger charge is 2.25. The van der Waals surface area contributed by atoms with E-state index in [4.69, 9.17) is 20.6 Å². The van der Waals surface area contributed by atoms with Crippen molar-refractivity contribution in [1.29, 1.82) is 0 Å². The molecule has 0 heterocycles. The van der Waals surface area contributed by atoms with E-state index in [0.717, 1.165) is 0 Å². The number of anilines is 1.